The average Bonchev–Trinajstić information content (AvgIpc) is 3.56. The van der Waals surface area contributed by atoms with E-state index in [1.54, 1.807) is 66.9 Å². The highest BCUT2D eigenvalue weighted by Crippen LogP contribution is 2.17. The van der Waals surface area contributed by atoms with E-state index in [9.17, 15) is 14.4 Å². The third-order valence-corrected chi connectivity index (χ3v) is 5.37. The van der Waals surface area contributed by atoms with Crippen molar-refractivity contribution < 1.29 is 18.8 Å². The summed E-state index contributed by atoms with van der Waals surface area (Å²) in [5, 5.41) is 8.63. The number of carbonyl (C=O) groups excluding carboxylic acids is 3. The molecule has 1 aromatic heterocycles. The van der Waals surface area contributed by atoms with E-state index in [4.69, 9.17) is 4.42 Å². The molecule has 1 aliphatic heterocycles. The Bertz CT molecular complexity index is 1120. The lowest BCUT2D eigenvalue weighted by Gasteiger charge is -2.16. The van der Waals surface area contributed by atoms with E-state index < -0.39 is 0 Å². The molecule has 0 saturated carbocycles. The van der Waals surface area contributed by atoms with Crippen molar-refractivity contribution in [3.05, 3.63) is 83.8 Å². The first-order valence-corrected chi connectivity index (χ1v) is 10.9. The van der Waals surface area contributed by atoms with E-state index in [0.29, 0.717) is 34.8 Å². The van der Waals surface area contributed by atoms with Crippen LogP contribution in [0.25, 0.3) is 0 Å². The number of rotatable bonds is 8. The fraction of sp³-hybridized carbons (Fsp3) is 0.240. The number of nitrogens with zero attached hydrogens (tertiary/aromatic N) is 1. The zero-order valence-electron chi connectivity index (χ0n) is 18.2. The summed E-state index contributed by atoms with van der Waals surface area (Å²) in [5.41, 5.74) is 2.25. The van der Waals surface area contributed by atoms with E-state index in [1.807, 2.05) is 4.90 Å². The van der Waals surface area contributed by atoms with Gasteiger partial charge in [-0.15, -0.1) is 0 Å². The third-order valence-electron chi connectivity index (χ3n) is 5.37. The molecule has 0 unspecified atom stereocenters. The molecule has 0 radical (unpaired) electrons. The van der Waals surface area contributed by atoms with Crippen molar-refractivity contribution in [1.82, 2.24) is 10.2 Å². The molecule has 8 heteroatoms. The van der Waals surface area contributed by atoms with Crippen LogP contribution in [0.3, 0.4) is 0 Å². The highest BCUT2D eigenvalue weighted by Gasteiger charge is 2.19. The number of hydrogen-bond acceptors (Lipinski definition) is 5. The maximum atomic E-state index is 12.6. The van der Waals surface area contributed by atoms with Crippen LogP contribution in [0.1, 0.15) is 39.3 Å². The Morgan fingerprint density at radius 3 is 2.36 bits per heavy atom. The van der Waals surface area contributed by atoms with Crippen molar-refractivity contribution in [2.45, 2.75) is 19.4 Å². The lowest BCUT2D eigenvalue weighted by Crippen LogP contribution is -2.27. The van der Waals surface area contributed by atoms with Gasteiger partial charge in [0, 0.05) is 35.6 Å². The summed E-state index contributed by atoms with van der Waals surface area (Å²) in [6.07, 6.45) is 3.61. The lowest BCUT2D eigenvalue weighted by atomic mass is 10.1. The minimum atomic E-state index is -0.256. The molecule has 0 aliphatic carbocycles. The Hall–Kier alpha value is -4.07. The van der Waals surface area contributed by atoms with Crippen LogP contribution in [0.15, 0.2) is 71.3 Å². The molecule has 1 fully saturated rings. The molecule has 1 aliphatic rings. The van der Waals surface area contributed by atoms with Crippen LogP contribution < -0.4 is 16.0 Å². The Morgan fingerprint density at radius 1 is 0.879 bits per heavy atom. The van der Waals surface area contributed by atoms with Gasteiger partial charge in [0.25, 0.3) is 11.8 Å². The van der Waals surface area contributed by atoms with Gasteiger partial charge < -0.3 is 25.3 Å². The van der Waals surface area contributed by atoms with Crippen molar-refractivity contribution >= 4 is 29.1 Å². The summed E-state index contributed by atoms with van der Waals surface area (Å²) in [4.78, 5) is 39.2. The maximum Gasteiger partial charge on any atom is 0.253 e. The smallest absolute Gasteiger partial charge is 0.253 e. The Morgan fingerprint density at radius 2 is 1.61 bits per heavy atom. The monoisotopic (exact) mass is 446 g/mol. The number of hydrogen-bond donors (Lipinski definition) is 3. The zero-order chi connectivity index (χ0) is 23.0. The normalized spacial score (nSPS) is 12.9. The molecule has 4 rings (SSSR count). The SMILES string of the molecule is O=C(CNc1cccc(C(=O)NCc2ccco2)c1)Nc1cccc(C(=O)N2CCCC2)c1. The van der Waals surface area contributed by atoms with E-state index in [2.05, 4.69) is 16.0 Å². The highest BCUT2D eigenvalue weighted by atomic mass is 16.3. The fourth-order valence-corrected chi connectivity index (χ4v) is 3.67. The van der Waals surface area contributed by atoms with E-state index in [-0.39, 0.29) is 24.3 Å². The third kappa shape index (κ3) is 6.00. The molecule has 8 nitrogen and oxygen atoms in total. The summed E-state index contributed by atoms with van der Waals surface area (Å²) in [7, 11) is 0. The molecule has 3 aromatic rings. The number of amides is 3. The zero-order valence-corrected chi connectivity index (χ0v) is 18.2. The van der Waals surface area contributed by atoms with E-state index >= 15 is 0 Å². The number of carbonyl (C=O) groups is 3. The van der Waals surface area contributed by atoms with Crippen molar-refractivity contribution in [2.75, 3.05) is 30.3 Å². The largest absolute Gasteiger partial charge is 0.467 e. The summed E-state index contributed by atoms with van der Waals surface area (Å²) < 4.78 is 5.21. The second-order valence-corrected chi connectivity index (χ2v) is 7.82. The Kier molecular flexibility index (Phi) is 7.04. The van der Waals surface area contributed by atoms with Gasteiger partial charge in [-0.05, 0) is 61.4 Å². The fourth-order valence-electron chi connectivity index (χ4n) is 3.67. The first-order chi connectivity index (χ1) is 16.1. The summed E-state index contributed by atoms with van der Waals surface area (Å²) in [6.45, 7) is 1.87. The van der Waals surface area contributed by atoms with Crippen LogP contribution in [0.2, 0.25) is 0 Å². The van der Waals surface area contributed by atoms with Gasteiger partial charge in [-0.2, -0.15) is 0 Å². The number of benzene rings is 2. The molecular formula is C25H26N4O4. The van der Waals surface area contributed by atoms with Gasteiger partial charge in [-0.3, -0.25) is 14.4 Å². The Labute approximate surface area is 192 Å². The Balaban J connectivity index is 1.29. The predicted molar refractivity (Wildman–Crippen MR) is 125 cm³/mol. The van der Waals surface area contributed by atoms with Gasteiger partial charge in [0.05, 0.1) is 19.4 Å². The van der Waals surface area contributed by atoms with Gasteiger partial charge >= 0.3 is 0 Å². The van der Waals surface area contributed by atoms with Gasteiger partial charge in [0.2, 0.25) is 5.91 Å². The molecule has 0 spiro atoms. The van der Waals surface area contributed by atoms with Gasteiger partial charge in [0.15, 0.2) is 0 Å². The number of nitrogens with one attached hydrogen (secondary N) is 3. The van der Waals surface area contributed by atoms with Gasteiger partial charge in [0.1, 0.15) is 5.76 Å². The predicted octanol–water partition coefficient (Wildman–Crippen LogP) is 3.50. The van der Waals surface area contributed by atoms with Gasteiger partial charge in [-0.1, -0.05) is 12.1 Å². The average molecular weight is 447 g/mol. The van der Waals surface area contributed by atoms with E-state index in [0.717, 1.165) is 25.9 Å². The molecule has 3 amide bonds. The topological polar surface area (TPSA) is 104 Å². The van der Waals surface area contributed by atoms with Crippen LogP contribution in [0.4, 0.5) is 11.4 Å². The van der Waals surface area contributed by atoms with Crippen LogP contribution in [-0.2, 0) is 11.3 Å². The summed E-state index contributed by atoms with van der Waals surface area (Å²) in [5.74, 6) is 0.164. The number of likely N-dealkylation sites (tertiary alicyclic amines) is 1. The first kappa shape index (κ1) is 22.1. The molecule has 2 aromatic carbocycles. The molecule has 33 heavy (non-hydrogen) atoms. The quantitative estimate of drug-likeness (QED) is 0.491. The molecule has 3 N–H and O–H groups in total. The van der Waals surface area contributed by atoms with Crippen molar-refractivity contribution in [3.8, 4) is 0 Å². The van der Waals surface area contributed by atoms with Crippen LogP contribution in [0, 0.1) is 0 Å². The summed E-state index contributed by atoms with van der Waals surface area (Å²) >= 11 is 0. The van der Waals surface area contributed by atoms with Gasteiger partial charge in [-0.25, -0.2) is 0 Å². The molecule has 170 valence electrons. The van der Waals surface area contributed by atoms with E-state index in [1.165, 1.54) is 0 Å². The van der Waals surface area contributed by atoms with Crippen LogP contribution >= 0.6 is 0 Å². The standard InChI is InChI=1S/C25H26N4O4/c30-23(28-21-9-4-7-19(15-21)25(32)29-11-1-2-12-29)17-26-20-8-3-6-18(14-20)24(31)27-16-22-10-5-13-33-22/h3-10,13-15,26H,1-2,11-12,16-17H2,(H,27,31)(H,28,30). The molecule has 1 saturated heterocycles. The maximum absolute atomic E-state index is 12.6. The van der Waals surface area contributed by atoms with Crippen molar-refractivity contribution in [2.24, 2.45) is 0 Å². The summed E-state index contributed by atoms with van der Waals surface area (Å²) in [6, 6.07) is 17.4. The minimum absolute atomic E-state index is 0.0103. The second kappa shape index (κ2) is 10.5. The molecule has 2 heterocycles. The van der Waals surface area contributed by atoms with Crippen LogP contribution in [0.5, 0.6) is 0 Å². The highest BCUT2D eigenvalue weighted by molar-refractivity contribution is 5.98. The van der Waals surface area contributed by atoms with Crippen molar-refractivity contribution in [3.63, 3.8) is 0 Å². The number of anilines is 2. The molecular weight excluding hydrogens is 420 g/mol. The minimum Gasteiger partial charge on any atom is -0.467 e. The second-order valence-electron chi connectivity index (χ2n) is 7.82. The lowest BCUT2D eigenvalue weighted by molar-refractivity contribution is -0.114. The first-order valence-electron chi connectivity index (χ1n) is 10.9. The molecule has 0 atom stereocenters. The molecule has 0 bridgehead atoms. The van der Waals surface area contributed by atoms with Crippen LogP contribution in [-0.4, -0.2) is 42.3 Å². The van der Waals surface area contributed by atoms with Crippen molar-refractivity contribution in [1.29, 1.82) is 0 Å². The number of furan rings is 1.